The molecule has 0 saturated heterocycles. The lowest BCUT2D eigenvalue weighted by atomic mass is 9.99. The SMILES string of the molecule is C=C(/C=C\c1ccccc1NC)/C(=N/N(C)c1ccc(NCc2cccc(-c3ccc(NC)c(/C=C\C(=C)/C(=N/N(C)c4ccc(Nc5ccc(OC)cc5)cc4)C(=O)OC)c3)c2)cc1)C(=O)OC. The average molecular weight is 923 g/mol. The van der Waals surface area contributed by atoms with Crippen molar-refractivity contribution in [2.75, 3.05) is 80.8 Å². The van der Waals surface area contributed by atoms with Crippen LogP contribution < -0.4 is 36.0 Å². The van der Waals surface area contributed by atoms with Gasteiger partial charge in [0, 0.05) is 74.3 Å². The molecule has 13 heteroatoms. The molecule has 0 amide bonds. The number of nitrogens with one attached hydrogen (secondary N) is 4. The minimum atomic E-state index is -0.608. The Labute approximate surface area is 404 Å². The first-order valence-electron chi connectivity index (χ1n) is 22.0. The molecule has 0 bridgehead atoms. The molecule has 0 atom stereocenters. The smallest absolute Gasteiger partial charge is 0.359 e. The minimum absolute atomic E-state index is 0.0691. The van der Waals surface area contributed by atoms with Gasteiger partial charge < -0.3 is 35.5 Å². The number of ether oxygens (including phenoxy) is 3. The molecule has 0 aliphatic rings. The Hall–Kier alpha value is -8.84. The summed E-state index contributed by atoms with van der Waals surface area (Å²) in [4.78, 5) is 25.8. The van der Waals surface area contributed by atoms with E-state index in [2.05, 4.69) is 75.0 Å². The molecule has 13 nitrogen and oxygen atoms in total. The summed E-state index contributed by atoms with van der Waals surface area (Å²) in [5, 5.41) is 25.7. The predicted octanol–water partition coefficient (Wildman–Crippen LogP) is 11.3. The number of carbonyl (C=O) groups excluding carboxylic acids is 2. The fourth-order valence-corrected chi connectivity index (χ4v) is 7.06. The normalized spacial score (nSPS) is 11.5. The molecular formula is C56H58N8O5. The van der Waals surface area contributed by atoms with Crippen LogP contribution >= 0.6 is 0 Å². The van der Waals surface area contributed by atoms with Crippen LogP contribution in [0.1, 0.15) is 16.7 Å². The van der Waals surface area contributed by atoms with E-state index in [-0.39, 0.29) is 11.4 Å². The van der Waals surface area contributed by atoms with E-state index in [4.69, 9.17) is 14.2 Å². The summed E-state index contributed by atoms with van der Waals surface area (Å²) in [6.07, 6.45) is 7.30. The lowest BCUT2D eigenvalue weighted by molar-refractivity contribution is -0.133. The van der Waals surface area contributed by atoms with Gasteiger partial charge in [0.25, 0.3) is 0 Å². The first-order valence-corrected chi connectivity index (χ1v) is 22.0. The second-order valence-corrected chi connectivity index (χ2v) is 15.5. The highest BCUT2D eigenvalue weighted by atomic mass is 16.5. The van der Waals surface area contributed by atoms with Crippen LogP contribution in [0.4, 0.5) is 39.8 Å². The van der Waals surface area contributed by atoms with Gasteiger partial charge in [-0.1, -0.05) is 79.9 Å². The number of methoxy groups -OCH3 is 3. The van der Waals surface area contributed by atoms with Gasteiger partial charge in [0.1, 0.15) is 5.75 Å². The third-order valence-electron chi connectivity index (χ3n) is 11.0. The van der Waals surface area contributed by atoms with Gasteiger partial charge in [0.15, 0.2) is 11.4 Å². The first kappa shape index (κ1) is 49.6. The highest BCUT2D eigenvalue weighted by Gasteiger charge is 2.18. The van der Waals surface area contributed by atoms with E-state index in [0.29, 0.717) is 17.7 Å². The standard InChI is InChI=1S/C56H58N8O5/c1-38(17-19-41-14-10-11-16-51(41)57-3)53(55(65)68-8)61-63(5)48-28-22-45(23-29-48)59-37-40-13-12-15-42(35-40)43-21-34-52(58-4)44(36-43)20-18-39(2)54(56(66)69-9)62-64(6)49-30-24-46(25-31-49)60-47-26-32-50(67-7)33-27-47/h10-36,57-60H,1-2,37H2,3-9H3/b19-17-,20-18-,61-53-,62-54-. The van der Waals surface area contributed by atoms with Gasteiger partial charge in [-0.15, -0.1) is 0 Å². The van der Waals surface area contributed by atoms with Gasteiger partial charge in [-0.05, 0) is 125 Å². The zero-order valence-electron chi connectivity index (χ0n) is 40.0. The van der Waals surface area contributed by atoms with Gasteiger partial charge in [-0.3, -0.25) is 10.0 Å². The molecule has 352 valence electrons. The van der Waals surface area contributed by atoms with Gasteiger partial charge in [-0.25, -0.2) is 9.59 Å². The Bertz CT molecular complexity index is 2890. The number of carbonyl (C=O) groups is 2. The first-order chi connectivity index (χ1) is 33.4. The third kappa shape index (κ3) is 13.4. The van der Waals surface area contributed by atoms with E-state index >= 15 is 0 Å². The lowest BCUT2D eigenvalue weighted by Crippen LogP contribution is -2.22. The van der Waals surface area contributed by atoms with E-state index in [1.54, 1.807) is 43.4 Å². The fourth-order valence-electron chi connectivity index (χ4n) is 7.06. The molecule has 0 heterocycles. The van der Waals surface area contributed by atoms with Crippen LogP contribution in [-0.4, -0.2) is 72.9 Å². The maximum atomic E-state index is 13.0. The molecule has 6 aromatic carbocycles. The minimum Gasteiger partial charge on any atom is -0.497 e. The van der Waals surface area contributed by atoms with Crippen LogP contribution in [0.15, 0.2) is 186 Å². The molecule has 0 aliphatic heterocycles. The Morgan fingerprint density at radius 3 is 1.64 bits per heavy atom. The van der Waals surface area contributed by atoms with Crippen molar-refractivity contribution < 1.29 is 23.8 Å². The van der Waals surface area contributed by atoms with Crippen molar-refractivity contribution in [3.05, 3.63) is 193 Å². The van der Waals surface area contributed by atoms with Gasteiger partial charge in [0.2, 0.25) is 0 Å². The topological polar surface area (TPSA) is 141 Å². The second kappa shape index (κ2) is 24.1. The van der Waals surface area contributed by atoms with Crippen LogP contribution in [0.25, 0.3) is 23.3 Å². The highest BCUT2D eigenvalue weighted by molar-refractivity contribution is 6.44. The maximum Gasteiger partial charge on any atom is 0.359 e. The van der Waals surface area contributed by atoms with Crippen molar-refractivity contribution in [1.29, 1.82) is 0 Å². The summed E-state index contributed by atoms with van der Waals surface area (Å²) >= 11 is 0. The Morgan fingerprint density at radius 1 is 0.580 bits per heavy atom. The summed E-state index contributed by atoms with van der Waals surface area (Å²) in [7, 11) is 11.5. The van der Waals surface area contributed by atoms with E-state index in [1.165, 1.54) is 14.2 Å². The van der Waals surface area contributed by atoms with Crippen molar-refractivity contribution in [2.45, 2.75) is 6.54 Å². The number of para-hydroxylation sites is 1. The van der Waals surface area contributed by atoms with Crippen LogP contribution in [0.5, 0.6) is 5.75 Å². The zero-order chi connectivity index (χ0) is 49.3. The van der Waals surface area contributed by atoms with E-state index < -0.39 is 11.9 Å². The fraction of sp³-hybridized carbons (Fsp3) is 0.143. The number of anilines is 7. The molecule has 4 N–H and O–H groups in total. The highest BCUT2D eigenvalue weighted by Crippen LogP contribution is 2.29. The number of esters is 2. The molecule has 6 aromatic rings. The number of rotatable bonds is 21. The van der Waals surface area contributed by atoms with E-state index in [0.717, 1.165) is 73.4 Å². The van der Waals surface area contributed by atoms with Crippen molar-refractivity contribution in [1.82, 2.24) is 0 Å². The van der Waals surface area contributed by atoms with Crippen LogP contribution in [0.3, 0.4) is 0 Å². The van der Waals surface area contributed by atoms with Crippen molar-refractivity contribution >= 4 is 75.3 Å². The molecule has 0 radical (unpaired) electrons. The maximum absolute atomic E-state index is 13.0. The second-order valence-electron chi connectivity index (χ2n) is 15.5. The molecule has 0 unspecified atom stereocenters. The van der Waals surface area contributed by atoms with Gasteiger partial charge in [0.05, 0.1) is 32.7 Å². The van der Waals surface area contributed by atoms with Crippen LogP contribution in [-0.2, 0) is 25.6 Å². The number of nitrogens with zero attached hydrogens (tertiary/aromatic N) is 4. The Morgan fingerprint density at radius 2 is 1.09 bits per heavy atom. The molecular weight excluding hydrogens is 865 g/mol. The molecule has 0 spiro atoms. The molecule has 0 aliphatic carbocycles. The zero-order valence-corrected chi connectivity index (χ0v) is 40.0. The Kier molecular flexibility index (Phi) is 17.3. The number of benzene rings is 6. The Balaban J connectivity index is 1.11. The number of hydrogen-bond acceptors (Lipinski definition) is 13. The summed E-state index contributed by atoms with van der Waals surface area (Å²) < 4.78 is 15.4. The van der Waals surface area contributed by atoms with Crippen molar-refractivity contribution in [2.24, 2.45) is 10.2 Å². The largest absolute Gasteiger partial charge is 0.497 e. The predicted molar refractivity (Wildman–Crippen MR) is 286 cm³/mol. The van der Waals surface area contributed by atoms with Gasteiger partial charge in [-0.2, -0.15) is 10.2 Å². The molecule has 0 saturated carbocycles. The molecule has 69 heavy (non-hydrogen) atoms. The van der Waals surface area contributed by atoms with Crippen molar-refractivity contribution in [3.8, 4) is 16.9 Å². The van der Waals surface area contributed by atoms with E-state index in [9.17, 15) is 9.59 Å². The summed E-state index contributed by atoms with van der Waals surface area (Å²) in [6.45, 7) is 8.86. The monoisotopic (exact) mass is 922 g/mol. The number of allylic oxidation sites excluding steroid dienone is 2. The summed E-state index contributed by atoms with van der Waals surface area (Å²) in [6, 6.07) is 45.4. The molecule has 0 aromatic heterocycles. The third-order valence-corrected chi connectivity index (χ3v) is 11.0. The van der Waals surface area contributed by atoms with Gasteiger partial charge >= 0.3 is 11.9 Å². The van der Waals surface area contributed by atoms with E-state index in [1.807, 2.05) is 135 Å². The summed E-state index contributed by atoms with van der Waals surface area (Å²) in [5.74, 6) is -0.416. The molecule has 6 rings (SSSR count). The number of hydrogen-bond donors (Lipinski definition) is 4. The quantitative estimate of drug-likeness (QED) is 0.0237. The van der Waals surface area contributed by atoms with Crippen LogP contribution in [0, 0.1) is 0 Å². The average Bonchev–Trinajstić information content (AvgIpc) is 3.39. The number of hydrazone groups is 2. The summed E-state index contributed by atoms with van der Waals surface area (Å²) in [5.41, 5.74) is 12.0. The molecule has 0 fully saturated rings. The van der Waals surface area contributed by atoms with Crippen LogP contribution in [0.2, 0.25) is 0 Å². The van der Waals surface area contributed by atoms with Crippen molar-refractivity contribution in [3.63, 3.8) is 0 Å². The lowest BCUT2D eigenvalue weighted by Gasteiger charge is -2.16.